The molecule has 0 fully saturated rings. The highest BCUT2D eigenvalue weighted by atomic mass is 14.8. The minimum absolute atomic E-state index is 0. The van der Waals surface area contributed by atoms with E-state index >= 15 is 0 Å². The summed E-state index contributed by atoms with van der Waals surface area (Å²) in [6.45, 7) is 0.483. The molecule has 7 N–H and O–H groups in total. The van der Waals surface area contributed by atoms with E-state index in [1.54, 1.807) is 0 Å². The fraction of sp³-hybridized carbons (Fsp3) is 0.250. The molecule has 0 atom stereocenters. The summed E-state index contributed by atoms with van der Waals surface area (Å²) in [6.07, 6.45) is 1.61. The van der Waals surface area contributed by atoms with E-state index in [9.17, 15) is 0 Å². The molecule has 0 aliphatic rings. The van der Waals surface area contributed by atoms with Gasteiger partial charge in [0.1, 0.15) is 0 Å². The Balaban J connectivity index is 0.00000180. The van der Waals surface area contributed by atoms with Crippen molar-refractivity contribution in [3.05, 3.63) is 71.8 Å². The van der Waals surface area contributed by atoms with E-state index in [2.05, 4.69) is 24.3 Å². The molecule has 0 saturated carbocycles. The van der Waals surface area contributed by atoms with Gasteiger partial charge in [-0.25, -0.2) is 0 Å². The minimum atomic E-state index is -0.372. The van der Waals surface area contributed by atoms with Crippen LogP contribution in [0.15, 0.2) is 60.7 Å². The Bertz CT molecular complexity index is 426. The number of hydrogen-bond acceptors (Lipinski definition) is 3. The Morgan fingerprint density at radius 1 is 0.737 bits per heavy atom. The van der Waals surface area contributed by atoms with Crippen LogP contribution in [0.1, 0.15) is 11.1 Å². The van der Waals surface area contributed by atoms with Crippen LogP contribution in [0.4, 0.5) is 0 Å². The summed E-state index contributed by atoms with van der Waals surface area (Å²) in [7, 11) is 0. The van der Waals surface area contributed by atoms with Gasteiger partial charge in [-0.15, -0.1) is 0 Å². The first-order valence-corrected chi connectivity index (χ1v) is 6.29. The molecule has 0 saturated heterocycles. The Morgan fingerprint density at radius 3 is 1.42 bits per heavy atom. The maximum atomic E-state index is 6.44. The van der Waals surface area contributed by atoms with Crippen molar-refractivity contribution in [2.45, 2.75) is 18.4 Å². The second-order valence-corrected chi connectivity index (χ2v) is 4.89. The molecule has 3 nitrogen and oxygen atoms in total. The van der Waals surface area contributed by atoms with Crippen LogP contribution < -0.4 is 17.6 Å². The normalized spacial score (nSPS) is 10.8. The number of benzene rings is 2. The maximum absolute atomic E-state index is 6.44. The Labute approximate surface area is 115 Å². The van der Waals surface area contributed by atoms with Gasteiger partial charge in [-0.3, -0.25) is 0 Å². The summed E-state index contributed by atoms with van der Waals surface area (Å²) in [5, 5.41) is 0. The molecule has 3 heteroatoms. The predicted molar refractivity (Wildman–Crippen MR) is 81.3 cm³/mol. The summed E-state index contributed by atoms with van der Waals surface area (Å²) >= 11 is 0. The largest absolute Gasteiger partial charge is 0.344 e. The topological polar surface area (TPSA) is 87.0 Å². The number of hydrogen-bond donors (Lipinski definition) is 3. The molecule has 0 unspecified atom stereocenters. The lowest BCUT2D eigenvalue weighted by molar-refractivity contribution is 0.429. The molecule has 2 aromatic carbocycles. The monoisotopic (exact) mass is 257 g/mol. The van der Waals surface area contributed by atoms with Crippen molar-refractivity contribution in [2.24, 2.45) is 11.5 Å². The fourth-order valence-corrected chi connectivity index (χ4v) is 2.21. The minimum Gasteiger partial charge on any atom is -0.344 e. The molecule has 0 aliphatic heterocycles. The third kappa shape index (κ3) is 4.48. The number of rotatable bonds is 5. The SMILES string of the molecule is N.NCC(N)(Cc1ccccc1)Cc1ccccc1. The summed E-state index contributed by atoms with van der Waals surface area (Å²) < 4.78 is 0. The van der Waals surface area contributed by atoms with E-state index < -0.39 is 0 Å². The van der Waals surface area contributed by atoms with Gasteiger partial charge in [-0.2, -0.15) is 0 Å². The van der Waals surface area contributed by atoms with Crippen LogP contribution in [0, 0.1) is 0 Å². The second-order valence-electron chi connectivity index (χ2n) is 4.89. The van der Waals surface area contributed by atoms with Gasteiger partial charge >= 0.3 is 0 Å². The molecule has 19 heavy (non-hydrogen) atoms. The molecule has 2 aromatic rings. The van der Waals surface area contributed by atoms with Gasteiger partial charge in [0.05, 0.1) is 0 Å². The predicted octanol–water partition coefficient (Wildman–Crippen LogP) is 2.29. The molecule has 102 valence electrons. The zero-order valence-electron chi connectivity index (χ0n) is 11.3. The van der Waals surface area contributed by atoms with Crippen LogP contribution in [-0.4, -0.2) is 12.1 Å². The van der Waals surface area contributed by atoms with Crippen molar-refractivity contribution < 1.29 is 0 Å². The molecular formula is C16H23N3. The van der Waals surface area contributed by atoms with E-state index in [1.807, 2.05) is 36.4 Å². The third-order valence-corrected chi connectivity index (χ3v) is 3.20. The first-order chi connectivity index (χ1) is 8.72. The van der Waals surface area contributed by atoms with Gasteiger partial charge in [0.15, 0.2) is 0 Å². The summed E-state index contributed by atoms with van der Waals surface area (Å²) in [5.41, 5.74) is 14.4. The van der Waals surface area contributed by atoms with Crippen LogP contribution in [-0.2, 0) is 12.8 Å². The molecule has 0 amide bonds. The van der Waals surface area contributed by atoms with Crippen LogP contribution in [0.3, 0.4) is 0 Å². The quantitative estimate of drug-likeness (QED) is 0.768. The molecular weight excluding hydrogens is 234 g/mol. The highest BCUT2D eigenvalue weighted by Crippen LogP contribution is 2.16. The van der Waals surface area contributed by atoms with Gasteiger partial charge in [0, 0.05) is 12.1 Å². The van der Waals surface area contributed by atoms with Crippen molar-refractivity contribution in [2.75, 3.05) is 6.54 Å². The van der Waals surface area contributed by atoms with E-state index in [-0.39, 0.29) is 11.7 Å². The summed E-state index contributed by atoms with van der Waals surface area (Å²) in [6, 6.07) is 20.6. The molecule has 0 spiro atoms. The highest BCUT2D eigenvalue weighted by Gasteiger charge is 2.23. The van der Waals surface area contributed by atoms with Crippen molar-refractivity contribution in [1.29, 1.82) is 0 Å². The second kappa shape index (κ2) is 7.04. The fourth-order valence-electron chi connectivity index (χ4n) is 2.21. The van der Waals surface area contributed by atoms with Crippen molar-refractivity contribution in [1.82, 2.24) is 6.15 Å². The van der Waals surface area contributed by atoms with E-state index in [0.717, 1.165) is 12.8 Å². The van der Waals surface area contributed by atoms with Gasteiger partial charge in [-0.1, -0.05) is 60.7 Å². The van der Waals surface area contributed by atoms with Gasteiger partial charge in [-0.05, 0) is 24.0 Å². The van der Waals surface area contributed by atoms with Gasteiger partial charge < -0.3 is 17.6 Å². The average molecular weight is 257 g/mol. The van der Waals surface area contributed by atoms with Gasteiger partial charge in [0.2, 0.25) is 0 Å². The first kappa shape index (κ1) is 15.4. The Hall–Kier alpha value is -1.68. The standard InChI is InChI=1S/C16H20N2.H3N/c17-13-16(18,11-14-7-3-1-4-8-14)12-15-9-5-2-6-10-15;/h1-10H,11-13,17-18H2;1H3. The summed E-state index contributed by atoms with van der Waals surface area (Å²) in [4.78, 5) is 0. The van der Waals surface area contributed by atoms with Crippen LogP contribution in [0.2, 0.25) is 0 Å². The Kier molecular flexibility index (Phi) is 5.70. The smallest absolute Gasteiger partial charge is 0.0360 e. The molecule has 2 rings (SSSR count). The lowest BCUT2D eigenvalue weighted by atomic mass is 9.86. The number of nitrogens with two attached hydrogens (primary N) is 2. The lowest BCUT2D eigenvalue weighted by Gasteiger charge is -2.28. The average Bonchev–Trinajstić information content (AvgIpc) is 2.41. The van der Waals surface area contributed by atoms with Crippen molar-refractivity contribution >= 4 is 0 Å². The highest BCUT2D eigenvalue weighted by molar-refractivity contribution is 5.22. The van der Waals surface area contributed by atoms with Gasteiger partial charge in [0.25, 0.3) is 0 Å². The molecule has 0 aromatic heterocycles. The Morgan fingerprint density at radius 2 is 1.11 bits per heavy atom. The molecule has 0 heterocycles. The van der Waals surface area contributed by atoms with Crippen molar-refractivity contribution in [3.63, 3.8) is 0 Å². The lowest BCUT2D eigenvalue weighted by Crippen LogP contribution is -2.50. The van der Waals surface area contributed by atoms with E-state index in [1.165, 1.54) is 11.1 Å². The molecule has 0 bridgehead atoms. The van der Waals surface area contributed by atoms with Crippen LogP contribution in [0.5, 0.6) is 0 Å². The van der Waals surface area contributed by atoms with E-state index in [4.69, 9.17) is 11.5 Å². The molecule has 0 aliphatic carbocycles. The van der Waals surface area contributed by atoms with Crippen LogP contribution >= 0.6 is 0 Å². The summed E-state index contributed by atoms with van der Waals surface area (Å²) in [5.74, 6) is 0. The van der Waals surface area contributed by atoms with Crippen molar-refractivity contribution in [3.8, 4) is 0 Å². The maximum Gasteiger partial charge on any atom is 0.0360 e. The zero-order valence-corrected chi connectivity index (χ0v) is 11.3. The third-order valence-electron chi connectivity index (χ3n) is 3.20. The first-order valence-electron chi connectivity index (χ1n) is 6.29. The van der Waals surface area contributed by atoms with E-state index in [0.29, 0.717) is 6.54 Å². The zero-order chi connectivity index (χ0) is 12.8. The molecule has 0 radical (unpaired) electrons. The van der Waals surface area contributed by atoms with Crippen LogP contribution in [0.25, 0.3) is 0 Å².